The Kier molecular flexibility index (Phi) is 4.66. The van der Waals surface area contributed by atoms with E-state index < -0.39 is 11.9 Å². The van der Waals surface area contributed by atoms with Gasteiger partial charge in [0, 0.05) is 6.42 Å². The summed E-state index contributed by atoms with van der Waals surface area (Å²) in [5.41, 5.74) is 11.3. The smallest absolute Gasteiger partial charge is 0.237 e. The van der Waals surface area contributed by atoms with Crippen LogP contribution in [-0.2, 0) is 16.0 Å². The molecule has 0 saturated carbocycles. The molecule has 0 aromatic heterocycles. The van der Waals surface area contributed by atoms with E-state index in [0.29, 0.717) is 12.2 Å². The summed E-state index contributed by atoms with van der Waals surface area (Å²) in [6, 6.07) is 6.24. The second kappa shape index (κ2) is 6.00. The average Bonchev–Trinajstić information content (AvgIpc) is 2.26. The largest absolute Gasteiger partial charge is 0.491 e. The van der Waals surface area contributed by atoms with Crippen molar-refractivity contribution < 1.29 is 14.3 Å². The minimum absolute atomic E-state index is 0.0430. The van der Waals surface area contributed by atoms with Crippen LogP contribution >= 0.6 is 0 Å². The molecule has 0 bridgehead atoms. The molecule has 1 rings (SSSR count). The Morgan fingerprint density at radius 2 is 1.88 bits per heavy atom. The zero-order chi connectivity index (χ0) is 12.8. The molecule has 1 amide bonds. The normalized spacial score (nSPS) is 11.9. The lowest BCUT2D eigenvalue weighted by molar-refractivity contribution is -0.120. The van der Waals surface area contributed by atoms with Gasteiger partial charge in [0.25, 0.3) is 0 Å². The van der Waals surface area contributed by atoms with Crippen LogP contribution in [0, 0.1) is 0 Å². The summed E-state index contributed by atoms with van der Waals surface area (Å²) in [7, 11) is 0. The minimum Gasteiger partial charge on any atom is -0.491 e. The maximum absolute atomic E-state index is 10.9. The monoisotopic (exact) mass is 236 g/mol. The van der Waals surface area contributed by atoms with Crippen LogP contribution in [0.5, 0.6) is 5.75 Å². The highest BCUT2D eigenvalue weighted by Gasteiger charge is 2.09. The molecule has 0 spiro atoms. The summed E-state index contributed by atoms with van der Waals surface area (Å²) in [5.74, 6) is 0.0987. The summed E-state index contributed by atoms with van der Waals surface area (Å²) in [6.07, 6.45) is 0.404. The van der Waals surface area contributed by atoms with Gasteiger partial charge < -0.3 is 16.2 Å². The van der Waals surface area contributed by atoms with Crippen LogP contribution in [0.3, 0.4) is 0 Å². The Morgan fingerprint density at radius 3 is 2.35 bits per heavy atom. The lowest BCUT2D eigenvalue weighted by Crippen LogP contribution is -2.41. The Labute approximate surface area is 99.7 Å². The van der Waals surface area contributed by atoms with E-state index in [1.54, 1.807) is 24.3 Å². The third-order valence-corrected chi connectivity index (χ3v) is 2.17. The Balaban J connectivity index is 2.51. The summed E-state index contributed by atoms with van der Waals surface area (Å²) in [6.45, 7) is 1.58. The fourth-order valence-corrected chi connectivity index (χ4v) is 1.26. The second-order valence-electron chi connectivity index (χ2n) is 3.84. The number of amides is 1. The van der Waals surface area contributed by atoms with E-state index in [-0.39, 0.29) is 12.4 Å². The van der Waals surface area contributed by atoms with Gasteiger partial charge in [-0.25, -0.2) is 0 Å². The molecule has 1 atom stereocenters. The van der Waals surface area contributed by atoms with Crippen molar-refractivity contribution in [2.24, 2.45) is 11.5 Å². The van der Waals surface area contributed by atoms with Crippen molar-refractivity contribution in [3.63, 3.8) is 0 Å². The fourth-order valence-electron chi connectivity index (χ4n) is 1.26. The SMILES string of the molecule is CC(=O)Cc1ccc(OCC(N)C(N)=O)cc1. The molecule has 1 unspecified atom stereocenters. The number of nitrogens with two attached hydrogens (primary N) is 2. The summed E-state index contributed by atoms with van der Waals surface area (Å²) >= 11 is 0. The first-order valence-corrected chi connectivity index (χ1v) is 5.25. The van der Waals surface area contributed by atoms with Gasteiger partial charge in [-0.05, 0) is 24.6 Å². The third-order valence-electron chi connectivity index (χ3n) is 2.17. The molecule has 0 radical (unpaired) electrons. The number of hydrogen-bond donors (Lipinski definition) is 2. The maximum atomic E-state index is 10.9. The number of ketones is 1. The van der Waals surface area contributed by atoms with Gasteiger partial charge in [0.15, 0.2) is 0 Å². The van der Waals surface area contributed by atoms with Gasteiger partial charge in [-0.2, -0.15) is 0 Å². The first-order chi connectivity index (χ1) is 7.99. The molecule has 0 heterocycles. The van der Waals surface area contributed by atoms with Crippen LogP contribution in [0.25, 0.3) is 0 Å². The fraction of sp³-hybridized carbons (Fsp3) is 0.333. The van der Waals surface area contributed by atoms with Gasteiger partial charge in [0.1, 0.15) is 24.2 Å². The Bertz CT molecular complexity index is 401. The predicted molar refractivity (Wildman–Crippen MR) is 63.5 cm³/mol. The highest BCUT2D eigenvalue weighted by atomic mass is 16.5. The predicted octanol–water partition coefficient (Wildman–Crippen LogP) is 0.00950. The zero-order valence-electron chi connectivity index (χ0n) is 9.68. The van der Waals surface area contributed by atoms with Crippen molar-refractivity contribution in [2.45, 2.75) is 19.4 Å². The Morgan fingerprint density at radius 1 is 1.29 bits per heavy atom. The summed E-state index contributed by atoms with van der Waals surface area (Å²) in [4.78, 5) is 21.6. The lowest BCUT2D eigenvalue weighted by atomic mass is 10.1. The molecule has 0 aliphatic carbocycles. The van der Waals surface area contributed by atoms with Crippen LogP contribution in [0.15, 0.2) is 24.3 Å². The standard InChI is InChI=1S/C12H16N2O3/c1-8(15)6-9-2-4-10(5-3-9)17-7-11(13)12(14)16/h2-5,11H,6-7,13H2,1H3,(H2,14,16). The van der Waals surface area contributed by atoms with Crippen molar-refractivity contribution in [3.8, 4) is 5.75 Å². The van der Waals surface area contributed by atoms with Crippen LogP contribution in [0.2, 0.25) is 0 Å². The summed E-state index contributed by atoms with van der Waals surface area (Å²) in [5, 5.41) is 0. The molecular weight excluding hydrogens is 220 g/mol. The average molecular weight is 236 g/mol. The van der Waals surface area contributed by atoms with E-state index in [2.05, 4.69) is 0 Å². The van der Waals surface area contributed by atoms with Crippen molar-refractivity contribution in [1.29, 1.82) is 0 Å². The molecular formula is C12H16N2O3. The molecule has 1 aromatic carbocycles. The highest BCUT2D eigenvalue weighted by Crippen LogP contribution is 2.12. The second-order valence-corrected chi connectivity index (χ2v) is 3.84. The number of hydrogen-bond acceptors (Lipinski definition) is 4. The van der Waals surface area contributed by atoms with Crippen LogP contribution in [0.4, 0.5) is 0 Å². The number of carbonyl (C=O) groups excluding carboxylic acids is 2. The number of primary amides is 1. The zero-order valence-corrected chi connectivity index (χ0v) is 9.68. The lowest BCUT2D eigenvalue weighted by Gasteiger charge is -2.10. The number of carbonyl (C=O) groups is 2. The number of ether oxygens (including phenoxy) is 1. The van der Waals surface area contributed by atoms with Gasteiger partial charge in [-0.3, -0.25) is 9.59 Å². The van der Waals surface area contributed by atoms with Crippen LogP contribution in [0.1, 0.15) is 12.5 Å². The number of rotatable bonds is 6. The number of Topliss-reactive ketones (excluding diaryl/α,β-unsaturated/α-hetero) is 1. The molecule has 92 valence electrons. The van der Waals surface area contributed by atoms with Crippen LogP contribution < -0.4 is 16.2 Å². The van der Waals surface area contributed by atoms with Crippen LogP contribution in [-0.4, -0.2) is 24.3 Å². The Hall–Kier alpha value is -1.88. The quantitative estimate of drug-likeness (QED) is 0.727. The molecule has 5 heteroatoms. The van der Waals surface area contributed by atoms with Crippen molar-refractivity contribution in [1.82, 2.24) is 0 Å². The molecule has 5 nitrogen and oxygen atoms in total. The van der Waals surface area contributed by atoms with Crippen molar-refractivity contribution in [3.05, 3.63) is 29.8 Å². The molecule has 0 saturated heterocycles. The third kappa shape index (κ3) is 4.65. The molecule has 4 N–H and O–H groups in total. The number of benzene rings is 1. The van der Waals surface area contributed by atoms with Gasteiger partial charge in [-0.15, -0.1) is 0 Å². The van der Waals surface area contributed by atoms with Gasteiger partial charge in [0.05, 0.1) is 0 Å². The first kappa shape index (κ1) is 13.2. The molecule has 0 aliphatic rings. The van der Waals surface area contributed by atoms with E-state index in [9.17, 15) is 9.59 Å². The van der Waals surface area contributed by atoms with E-state index in [1.165, 1.54) is 6.92 Å². The van der Waals surface area contributed by atoms with Gasteiger partial charge in [0.2, 0.25) is 5.91 Å². The van der Waals surface area contributed by atoms with Gasteiger partial charge in [-0.1, -0.05) is 12.1 Å². The topological polar surface area (TPSA) is 95.4 Å². The van der Waals surface area contributed by atoms with E-state index >= 15 is 0 Å². The van der Waals surface area contributed by atoms with Crippen molar-refractivity contribution in [2.75, 3.05) is 6.61 Å². The van der Waals surface area contributed by atoms with Gasteiger partial charge >= 0.3 is 0 Å². The molecule has 0 fully saturated rings. The van der Waals surface area contributed by atoms with E-state index in [1.807, 2.05) is 0 Å². The maximum Gasteiger partial charge on any atom is 0.237 e. The first-order valence-electron chi connectivity index (χ1n) is 5.25. The summed E-state index contributed by atoms with van der Waals surface area (Å²) < 4.78 is 5.28. The van der Waals surface area contributed by atoms with E-state index in [0.717, 1.165) is 5.56 Å². The molecule has 17 heavy (non-hydrogen) atoms. The van der Waals surface area contributed by atoms with Crippen molar-refractivity contribution >= 4 is 11.7 Å². The molecule has 0 aliphatic heterocycles. The molecule has 1 aromatic rings. The minimum atomic E-state index is -0.813. The van der Waals surface area contributed by atoms with E-state index in [4.69, 9.17) is 16.2 Å². The highest BCUT2D eigenvalue weighted by molar-refractivity contribution is 5.79.